The first-order chi connectivity index (χ1) is 9.65. The lowest BCUT2D eigenvalue weighted by Crippen LogP contribution is -2.23. The first kappa shape index (κ1) is 13.1. The summed E-state index contributed by atoms with van der Waals surface area (Å²) in [5.41, 5.74) is 6.94. The van der Waals surface area contributed by atoms with E-state index in [0.717, 1.165) is 18.5 Å². The molecular formula is C14H14FN3OS. The quantitative estimate of drug-likeness (QED) is 0.910. The number of nitrogens with one attached hydrogen (secondary N) is 1. The van der Waals surface area contributed by atoms with E-state index in [1.54, 1.807) is 18.2 Å². The Morgan fingerprint density at radius 2 is 2.20 bits per heavy atom. The van der Waals surface area contributed by atoms with E-state index in [1.807, 2.05) is 0 Å². The third-order valence-corrected chi connectivity index (χ3v) is 4.14. The van der Waals surface area contributed by atoms with Crippen molar-refractivity contribution in [3.63, 3.8) is 0 Å². The van der Waals surface area contributed by atoms with Crippen LogP contribution in [0.2, 0.25) is 0 Å². The molecule has 0 spiro atoms. The average molecular weight is 291 g/mol. The van der Waals surface area contributed by atoms with E-state index in [2.05, 4.69) is 10.3 Å². The molecule has 0 unspecified atom stereocenters. The molecule has 4 nitrogen and oxygen atoms in total. The number of aromatic nitrogens is 1. The molecule has 1 aromatic carbocycles. The molecule has 1 aliphatic carbocycles. The van der Waals surface area contributed by atoms with Gasteiger partial charge < -0.3 is 11.1 Å². The molecule has 104 valence electrons. The maximum absolute atomic E-state index is 13.5. The Morgan fingerprint density at radius 1 is 1.45 bits per heavy atom. The number of carbonyl (C=O) groups is 1. The van der Waals surface area contributed by atoms with Crippen LogP contribution < -0.4 is 11.1 Å². The Balaban J connectivity index is 1.72. The minimum absolute atomic E-state index is 0.160. The number of nitrogen functional groups attached to an aromatic ring is 1. The van der Waals surface area contributed by atoms with E-state index in [0.29, 0.717) is 21.5 Å². The van der Waals surface area contributed by atoms with Crippen molar-refractivity contribution < 1.29 is 9.18 Å². The summed E-state index contributed by atoms with van der Waals surface area (Å²) in [6, 6.07) is 6.39. The predicted octanol–water partition coefficient (Wildman–Crippen LogP) is 2.67. The number of anilines is 1. The fourth-order valence-electron chi connectivity index (χ4n) is 2.04. The van der Waals surface area contributed by atoms with Gasteiger partial charge in [-0.1, -0.05) is 29.5 Å². The zero-order valence-electron chi connectivity index (χ0n) is 10.7. The highest BCUT2D eigenvalue weighted by Gasteiger charge is 2.31. The zero-order chi connectivity index (χ0) is 14.1. The Morgan fingerprint density at radius 3 is 2.90 bits per heavy atom. The minimum atomic E-state index is -0.320. The number of hydrogen-bond acceptors (Lipinski definition) is 4. The lowest BCUT2D eigenvalue weighted by molar-refractivity contribution is 0.0953. The summed E-state index contributed by atoms with van der Waals surface area (Å²) in [7, 11) is 0. The second-order valence-corrected chi connectivity index (χ2v) is 5.85. The zero-order valence-corrected chi connectivity index (χ0v) is 11.5. The molecule has 6 heteroatoms. The van der Waals surface area contributed by atoms with Gasteiger partial charge in [0.15, 0.2) is 5.13 Å². The van der Waals surface area contributed by atoms with Gasteiger partial charge in [0.1, 0.15) is 10.7 Å². The third kappa shape index (κ3) is 2.65. The van der Waals surface area contributed by atoms with Gasteiger partial charge in [-0.05, 0) is 18.9 Å². The Kier molecular flexibility index (Phi) is 3.40. The summed E-state index contributed by atoms with van der Waals surface area (Å²) >= 11 is 1.19. The molecule has 0 aliphatic heterocycles. The summed E-state index contributed by atoms with van der Waals surface area (Å²) in [6.07, 6.45) is 2.10. The number of nitrogens with zero attached hydrogens (tertiary/aromatic N) is 1. The maximum atomic E-state index is 13.5. The molecule has 1 heterocycles. The van der Waals surface area contributed by atoms with E-state index in [4.69, 9.17) is 5.73 Å². The van der Waals surface area contributed by atoms with Gasteiger partial charge in [0.2, 0.25) is 0 Å². The van der Waals surface area contributed by atoms with E-state index in [9.17, 15) is 9.18 Å². The van der Waals surface area contributed by atoms with E-state index >= 15 is 0 Å². The van der Waals surface area contributed by atoms with Crippen molar-refractivity contribution in [3.05, 3.63) is 46.2 Å². The second-order valence-electron chi connectivity index (χ2n) is 4.81. The molecule has 2 aromatic rings. The first-order valence-electron chi connectivity index (χ1n) is 6.43. The molecule has 0 atom stereocenters. The Labute approximate surface area is 119 Å². The van der Waals surface area contributed by atoms with Gasteiger partial charge in [0, 0.05) is 18.0 Å². The van der Waals surface area contributed by atoms with Crippen molar-refractivity contribution in [2.75, 3.05) is 5.73 Å². The summed E-state index contributed by atoms with van der Waals surface area (Å²) in [4.78, 5) is 17.0. The van der Waals surface area contributed by atoms with Gasteiger partial charge in [0.05, 0.1) is 5.69 Å². The van der Waals surface area contributed by atoms with Crippen LogP contribution in [0, 0.1) is 5.82 Å². The van der Waals surface area contributed by atoms with Crippen LogP contribution in [-0.4, -0.2) is 10.9 Å². The second kappa shape index (κ2) is 5.20. The molecule has 1 fully saturated rings. The average Bonchev–Trinajstić information content (AvgIpc) is 3.20. The monoisotopic (exact) mass is 291 g/mol. The molecule has 0 radical (unpaired) electrons. The van der Waals surface area contributed by atoms with Crippen molar-refractivity contribution in [3.8, 4) is 0 Å². The van der Waals surface area contributed by atoms with Gasteiger partial charge in [-0.15, -0.1) is 0 Å². The normalized spacial score (nSPS) is 14.2. The lowest BCUT2D eigenvalue weighted by Gasteiger charge is -2.05. The van der Waals surface area contributed by atoms with Crippen molar-refractivity contribution >= 4 is 22.4 Å². The minimum Gasteiger partial charge on any atom is -0.375 e. The number of halogens is 1. The number of nitrogens with two attached hydrogens (primary N) is 1. The number of hydrogen-bond donors (Lipinski definition) is 2. The number of carbonyl (C=O) groups excluding carboxylic acids is 1. The van der Waals surface area contributed by atoms with Crippen molar-refractivity contribution in [2.45, 2.75) is 25.3 Å². The van der Waals surface area contributed by atoms with Crippen molar-refractivity contribution in [1.29, 1.82) is 0 Å². The highest BCUT2D eigenvalue weighted by atomic mass is 32.1. The third-order valence-electron chi connectivity index (χ3n) is 3.24. The molecule has 20 heavy (non-hydrogen) atoms. The Bertz CT molecular complexity index is 652. The summed E-state index contributed by atoms with van der Waals surface area (Å²) in [5, 5.41) is 3.13. The molecule has 3 N–H and O–H groups in total. The maximum Gasteiger partial charge on any atom is 0.263 e. The van der Waals surface area contributed by atoms with E-state index in [1.165, 1.54) is 17.4 Å². The fraction of sp³-hybridized carbons (Fsp3) is 0.286. The summed E-state index contributed by atoms with van der Waals surface area (Å²) < 4.78 is 13.5. The highest BCUT2D eigenvalue weighted by molar-refractivity contribution is 7.17. The van der Waals surface area contributed by atoms with Crippen LogP contribution in [0.4, 0.5) is 9.52 Å². The van der Waals surface area contributed by atoms with Crippen LogP contribution in [0.1, 0.15) is 39.7 Å². The Hall–Kier alpha value is -1.95. The highest BCUT2D eigenvalue weighted by Crippen LogP contribution is 2.43. The molecule has 0 saturated heterocycles. The van der Waals surface area contributed by atoms with Gasteiger partial charge in [0.25, 0.3) is 5.91 Å². The molecule has 1 aromatic heterocycles. The van der Waals surface area contributed by atoms with Gasteiger partial charge in [-0.3, -0.25) is 4.79 Å². The molecule has 1 saturated carbocycles. The molecule has 1 amide bonds. The van der Waals surface area contributed by atoms with Gasteiger partial charge >= 0.3 is 0 Å². The summed E-state index contributed by atoms with van der Waals surface area (Å²) in [6.45, 7) is 0.160. The SMILES string of the molecule is Nc1nc(C2CC2)c(C(=O)NCc2ccccc2F)s1. The van der Waals surface area contributed by atoms with Crippen molar-refractivity contribution in [1.82, 2.24) is 10.3 Å². The molecule has 0 bridgehead atoms. The van der Waals surface area contributed by atoms with Crippen LogP contribution in [-0.2, 0) is 6.54 Å². The van der Waals surface area contributed by atoms with Crippen LogP contribution in [0.5, 0.6) is 0 Å². The smallest absolute Gasteiger partial charge is 0.263 e. The lowest BCUT2D eigenvalue weighted by atomic mass is 10.2. The molecule has 1 aliphatic rings. The molecule has 3 rings (SSSR count). The number of rotatable bonds is 4. The molecular weight excluding hydrogens is 277 g/mol. The van der Waals surface area contributed by atoms with Crippen LogP contribution >= 0.6 is 11.3 Å². The number of benzene rings is 1. The van der Waals surface area contributed by atoms with Crippen LogP contribution in [0.3, 0.4) is 0 Å². The van der Waals surface area contributed by atoms with Crippen LogP contribution in [0.25, 0.3) is 0 Å². The predicted molar refractivity (Wildman–Crippen MR) is 76.1 cm³/mol. The van der Waals surface area contributed by atoms with E-state index < -0.39 is 0 Å². The van der Waals surface area contributed by atoms with Gasteiger partial charge in [-0.25, -0.2) is 9.37 Å². The van der Waals surface area contributed by atoms with Crippen LogP contribution in [0.15, 0.2) is 24.3 Å². The number of amides is 1. The number of thiazole rings is 1. The largest absolute Gasteiger partial charge is 0.375 e. The summed E-state index contributed by atoms with van der Waals surface area (Å²) in [5.74, 6) is -0.193. The van der Waals surface area contributed by atoms with Crippen molar-refractivity contribution in [2.24, 2.45) is 0 Å². The topological polar surface area (TPSA) is 68.0 Å². The fourth-order valence-corrected chi connectivity index (χ4v) is 2.88. The van der Waals surface area contributed by atoms with E-state index in [-0.39, 0.29) is 18.3 Å². The first-order valence-corrected chi connectivity index (χ1v) is 7.24. The van der Waals surface area contributed by atoms with Gasteiger partial charge in [-0.2, -0.15) is 0 Å². The standard InChI is InChI=1S/C14H14FN3OS/c15-10-4-2-1-3-9(10)7-17-13(19)12-11(8-5-6-8)18-14(16)20-12/h1-4,8H,5-7H2,(H2,16,18)(H,17,19).